The Balaban J connectivity index is 1.80. The van der Waals surface area contributed by atoms with Crippen LogP contribution in [0.3, 0.4) is 0 Å². The predicted molar refractivity (Wildman–Crippen MR) is 106 cm³/mol. The molecule has 1 saturated heterocycles. The highest BCUT2D eigenvalue weighted by Gasteiger charge is 2.34. The standard InChI is InChI=1S/C20H26F2N4O4/c1-2-25(10-12-3-4-12)17(19(23)28)20(29)24-13-5-6-15(14(9-13)18(21)22)26-7-8-30-11-16(26)27/h5-6,9,12,17-18H,2-4,7-8,10-11H2,1H3,(H2,23,28)(H,24,29)/t17-/m0/s1. The van der Waals surface area contributed by atoms with Gasteiger partial charge >= 0.3 is 0 Å². The van der Waals surface area contributed by atoms with Crippen molar-refractivity contribution in [3.8, 4) is 0 Å². The van der Waals surface area contributed by atoms with Crippen LogP contribution in [0, 0.1) is 5.92 Å². The van der Waals surface area contributed by atoms with Gasteiger partial charge in [0.1, 0.15) is 6.61 Å². The normalized spacial score (nSPS) is 18.0. The van der Waals surface area contributed by atoms with Crippen molar-refractivity contribution in [2.75, 3.05) is 43.1 Å². The maximum Gasteiger partial charge on any atom is 0.265 e. The van der Waals surface area contributed by atoms with E-state index in [4.69, 9.17) is 10.5 Å². The van der Waals surface area contributed by atoms with Crippen molar-refractivity contribution in [3.63, 3.8) is 0 Å². The molecule has 0 bridgehead atoms. The first-order valence-corrected chi connectivity index (χ1v) is 9.96. The fourth-order valence-electron chi connectivity index (χ4n) is 3.56. The summed E-state index contributed by atoms with van der Waals surface area (Å²) in [6.45, 7) is 3.11. The molecule has 1 aliphatic heterocycles. The molecule has 0 spiro atoms. The minimum atomic E-state index is -2.86. The summed E-state index contributed by atoms with van der Waals surface area (Å²) in [5, 5.41) is 2.53. The van der Waals surface area contributed by atoms with Crippen molar-refractivity contribution in [2.24, 2.45) is 11.7 Å². The molecule has 1 aliphatic carbocycles. The molecule has 1 atom stereocenters. The topological polar surface area (TPSA) is 105 Å². The summed E-state index contributed by atoms with van der Waals surface area (Å²) in [6.07, 6.45) is -0.770. The van der Waals surface area contributed by atoms with Crippen LogP contribution < -0.4 is 16.0 Å². The van der Waals surface area contributed by atoms with Crippen LogP contribution in [-0.2, 0) is 19.1 Å². The number of hydrogen-bond acceptors (Lipinski definition) is 5. The monoisotopic (exact) mass is 424 g/mol. The second kappa shape index (κ2) is 9.48. The molecular formula is C20H26F2N4O4. The molecule has 0 aromatic heterocycles. The smallest absolute Gasteiger partial charge is 0.265 e. The van der Waals surface area contributed by atoms with E-state index in [0.717, 1.165) is 18.9 Å². The number of carbonyl (C=O) groups excluding carboxylic acids is 3. The van der Waals surface area contributed by atoms with E-state index in [1.165, 1.54) is 17.0 Å². The predicted octanol–water partition coefficient (Wildman–Crippen LogP) is 1.51. The van der Waals surface area contributed by atoms with Crippen LogP contribution in [0.5, 0.6) is 0 Å². The molecule has 3 amide bonds. The molecule has 2 fully saturated rings. The Bertz CT molecular complexity index is 816. The Morgan fingerprint density at radius 1 is 1.37 bits per heavy atom. The van der Waals surface area contributed by atoms with Crippen molar-refractivity contribution in [3.05, 3.63) is 23.8 Å². The quantitative estimate of drug-likeness (QED) is 0.585. The number of nitrogens with one attached hydrogen (secondary N) is 1. The van der Waals surface area contributed by atoms with E-state index in [2.05, 4.69) is 5.32 Å². The van der Waals surface area contributed by atoms with Crippen molar-refractivity contribution in [1.29, 1.82) is 0 Å². The van der Waals surface area contributed by atoms with Gasteiger partial charge in [0.25, 0.3) is 18.2 Å². The summed E-state index contributed by atoms with van der Waals surface area (Å²) in [5.41, 5.74) is 5.26. The number of amides is 3. The fraction of sp³-hybridized carbons (Fsp3) is 0.550. The lowest BCUT2D eigenvalue weighted by atomic mass is 10.1. The van der Waals surface area contributed by atoms with Gasteiger partial charge in [-0.15, -0.1) is 0 Å². The van der Waals surface area contributed by atoms with Gasteiger partial charge < -0.3 is 20.7 Å². The molecule has 2 aliphatic rings. The van der Waals surface area contributed by atoms with Crippen molar-refractivity contribution in [1.82, 2.24) is 4.90 Å². The first kappa shape index (κ1) is 22.1. The second-order valence-electron chi connectivity index (χ2n) is 7.50. The molecular weight excluding hydrogens is 398 g/mol. The van der Waals surface area contributed by atoms with Gasteiger partial charge in [0.15, 0.2) is 6.04 Å². The molecule has 3 rings (SSSR count). The molecule has 3 N–H and O–H groups in total. The highest BCUT2D eigenvalue weighted by Crippen LogP contribution is 2.33. The van der Waals surface area contributed by atoms with Crippen LogP contribution in [0.1, 0.15) is 31.8 Å². The van der Waals surface area contributed by atoms with Crippen LogP contribution in [0.15, 0.2) is 18.2 Å². The van der Waals surface area contributed by atoms with Gasteiger partial charge in [0, 0.05) is 24.3 Å². The van der Waals surface area contributed by atoms with Crippen LogP contribution in [0.25, 0.3) is 0 Å². The number of ether oxygens (including phenoxy) is 1. The van der Waals surface area contributed by atoms with Crippen LogP contribution >= 0.6 is 0 Å². The Labute approximate surface area is 173 Å². The number of anilines is 2. The molecule has 1 aromatic carbocycles. The Morgan fingerprint density at radius 2 is 2.10 bits per heavy atom. The highest BCUT2D eigenvalue weighted by atomic mass is 19.3. The molecule has 1 heterocycles. The number of primary amides is 1. The van der Waals surface area contributed by atoms with Gasteiger partial charge in [0.05, 0.1) is 12.3 Å². The van der Waals surface area contributed by atoms with Gasteiger partial charge in [0.2, 0.25) is 5.91 Å². The summed E-state index contributed by atoms with van der Waals surface area (Å²) in [4.78, 5) is 39.7. The van der Waals surface area contributed by atoms with E-state index < -0.39 is 30.2 Å². The minimum Gasteiger partial charge on any atom is -0.370 e. The Kier molecular flexibility index (Phi) is 6.99. The number of hydrogen-bond donors (Lipinski definition) is 2. The third-order valence-electron chi connectivity index (χ3n) is 5.29. The average molecular weight is 424 g/mol. The van der Waals surface area contributed by atoms with Gasteiger partial charge in [-0.1, -0.05) is 6.92 Å². The fourth-order valence-corrected chi connectivity index (χ4v) is 3.56. The van der Waals surface area contributed by atoms with E-state index >= 15 is 0 Å². The number of likely N-dealkylation sites (N-methyl/N-ethyl adjacent to an activating group) is 1. The SMILES string of the molecule is CCN(CC1CC1)[C@@H](C(N)=O)C(=O)Nc1ccc(N2CCOCC2=O)c(C(F)F)c1. The number of benzene rings is 1. The molecule has 10 heteroatoms. The third kappa shape index (κ3) is 5.11. The molecule has 0 radical (unpaired) electrons. The van der Waals surface area contributed by atoms with E-state index in [9.17, 15) is 23.2 Å². The Hall–Kier alpha value is -2.59. The summed E-state index contributed by atoms with van der Waals surface area (Å²) < 4.78 is 32.4. The second-order valence-corrected chi connectivity index (χ2v) is 7.50. The van der Waals surface area contributed by atoms with E-state index in [-0.39, 0.29) is 36.7 Å². The molecule has 1 saturated carbocycles. The number of nitrogens with zero attached hydrogens (tertiary/aromatic N) is 2. The van der Waals surface area contributed by atoms with E-state index in [1.807, 2.05) is 6.92 Å². The summed E-state index contributed by atoms with van der Waals surface area (Å²) in [5.74, 6) is -1.43. The lowest BCUT2D eigenvalue weighted by molar-refractivity contribution is -0.132. The molecule has 0 unspecified atom stereocenters. The molecule has 1 aromatic rings. The number of carbonyl (C=O) groups is 3. The number of rotatable bonds is 9. The summed E-state index contributed by atoms with van der Waals surface area (Å²) >= 11 is 0. The first-order valence-electron chi connectivity index (χ1n) is 9.96. The molecule has 30 heavy (non-hydrogen) atoms. The van der Waals surface area contributed by atoms with Crippen LogP contribution in [0.2, 0.25) is 0 Å². The zero-order valence-electron chi connectivity index (χ0n) is 16.8. The van der Waals surface area contributed by atoms with Gasteiger partial charge in [-0.05, 0) is 43.5 Å². The van der Waals surface area contributed by atoms with Gasteiger partial charge in [-0.3, -0.25) is 19.3 Å². The van der Waals surface area contributed by atoms with Crippen LogP contribution in [-0.4, -0.2) is 61.5 Å². The van der Waals surface area contributed by atoms with E-state index in [0.29, 0.717) is 19.0 Å². The average Bonchev–Trinajstić information content (AvgIpc) is 3.51. The zero-order chi connectivity index (χ0) is 21.8. The van der Waals surface area contributed by atoms with Gasteiger partial charge in [-0.2, -0.15) is 0 Å². The summed E-state index contributed by atoms with van der Waals surface area (Å²) in [6, 6.07) is 2.72. The zero-order valence-corrected chi connectivity index (χ0v) is 16.8. The van der Waals surface area contributed by atoms with E-state index in [1.54, 1.807) is 4.90 Å². The van der Waals surface area contributed by atoms with Crippen molar-refractivity contribution in [2.45, 2.75) is 32.2 Å². The highest BCUT2D eigenvalue weighted by molar-refractivity contribution is 6.09. The van der Waals surface area contributed by atoms with Crippen LogP contribution in [0.4, 0.5) is 20.2 Å². The summed E-state index contributed by atoms with van der Waals surface area (Å²) in [7, 11) is 0. The number of morpholine rings is 1. The number of nitrogens with two attached hydrogens (primary N) is 1. The first-order chi connectivity index (χ1) is 14.3. The van der Waals surface area contributed by atoms with Gasteiger partial charge in [-0.25, -0.2) is 8.78 Å². The largest absolute Gasteiger partial charge is 0.370 e. The van der Waals surface area contributed by atoms with Crippen molar-refractivity contribution >= 4 is 29.1 Å². The lowest BCUT2D eigenvalue weighted by Gasteiger charge is -2.29. The minimum absolute atomic E-state index is 0.0756. The number of alkyl halides is 2. The maximum atomic E-state index is 13.7. The van der Waals surface area contributed by atoms with Crippen molar-refractivity contribution < 1.29 is 27.9 Å². The molecule has 164 valence electrons. The lowest BCUT2D eigenvalue weighted by Crippen LogP contribution is -2.52. The Morgan fingerprint density at radius 3 is 2.67 bits per heavy atom. The molecule has 8 nitrogen and oxygen atoms in total. The number of halogens is 2. The third-order valence-corrected chi connectivity index (χ3v) is 5.29. The maximum absolute atomic E-state index is 13.7.